The summed E-state index contributed by atoms with van der Waals surface area (Å²) in [4.78, 5) is 10.8. The number of carbonyl (C=O) groups is 1. The van der Waals surface area contributed by atoms with Crippen LogP contribution in [0.15, 0.2) is 0 Å². The quantitative estimate of drug-likeness (QED) is 0.586. The minimum absolute atomic E-state index is 0.628. The summed E-state index contributed by atoms with van der Waals surface area (Å²) >= 11 is 0. The van der Waals surface area contributed by atoms with Crippen molar-refractivity contribution in [2.45, 2.75) is 44.6 Å². The van der Waals surface area contributed by atoms with E-state index in [9.17, 15) is 4.79 Å². The third kappa shape index (κ3) is 1.97. The number of hydrogen-bond acceptors (Lipinski definition) is 2. The van der Waals surface area contributed by atoms with Gasteiger partial charge < -0.3 is 10.8 Å². The van der Waals surface area contributed by atoms with Crippen LogP contribution in [0.25, 0.3) is 0 Å². The van der Waals surface area contributed by atoms with E-state index in [2.05, 4.69) is 6.92 Å². The molecule has 0 aliphatic heterocycles. The fourth-order valence-corrected chi connectivity index (χ4v) is 1.75. The average Bonchev–Trinajstić information content (AvgIpc) is 2.15. The molecule has 0 bridgehead atoms. The molecular formula is C9H17NO2. The number of nitrogens with two attached hydrogens (primary N) is 1. The van der Waals surface area contributed by atoms with Crippen LogP contribution in [-0.4, -0.2) is 16.6 Å². The van der Waals surface area contributed by atoms with Crippen LogP contribution in [0.4, 0.5) is 0 Å². The van der Waals surface area contributed by atoms with E-state index in [0.29, 0.717) is 18.8 Å². The van der Waals surface area contributed by atoms with Crippen molar-refractivity contribution < 1.29 is 9.90 Å². The Balaban J connectivity index is 2.61. The highest BCUT2D eigenvalue weighted by molar-refractivity contribution is 5.78. The lowest BCUT2D eigenvalue weighted by atomic mass is 9.91. The Labute approximate surface area is 72.9 Å². The number of carboxylic acid groups (broad SMARTS) is 1. The maximum atomic E-state index is 10.8. The van der Waals surface area contributed by atoms with Crippen LogP contribution in [-0.2, 0) is 4.79 Å². The van der Waals surface area contributed by atoms with Gasteiger partial charge in [0.15, 0.2) is 0 Å². The van der Waals surface area contributed by atoms with E-state index in [1.165, 1.54) is 0 Å². The van der Waals surface area contributed by atoms with Crippen molar-refractivity contribution in [3.63, 3.8) is 0 Å². The second-order valence-electron chi connectivity index (χ2n) is 4.00. The molecule has 0 amide bonds. The fraction of sp³-hybridized carbons (Fsp3) is 0.889. The number of rotatable bonds is 1. The zero-order valence-electron chi connectivity index (χ0n) is 7.55. The Hall–Kier alpha value is -0.570. The zero-order valence-corrected chi connectivity index (χ0v) is 7.55. The summed E-state index contributed by atoms with van der Waals surface area (Å²) in [7, 11) is 0. The van der Waals surface area contributed by atoms with Gasteiger partial charge in [0, 0.05) is 0 Å². The van der Waals surface area contributed by atoms with Crippen LogP contribution in [0.2, 0.25) is 0 Å². The molecule has 0 radical (unpaired) electrons. The third-order valence-corrected chi connectivity index (χ3v) is 2.83. The smallest absolute Gasteiger partial charge is 0.323 e. The molecule has 0 spiro atoms. The molecule has 0 heterocycles. The minimum atomic E-state index is -0.940. The molecule has 1 aliphatic rings. The number of carboxylic acids is 1. The normalized spacial score (nSPS) is 37.3. The molecule has 0 unspecified atom stereocenters. The second-order valence-corrected chi connectivity index (χ2v) is 4.00. The summed E-state index contributed by atoms with van der Waals surface area (Å²) in [6.07, 6.45) is 4.27. The van der Waals surface area contributed by atoms with Gasteiger partial charge in [0.1, 0.15) is 5.54 Å². The van der Waals surface area contributed by atoms with Gasteiger partial charge >= 0.3 is 5.97 Å². The van der Waals surface area contributed by atoms with Gasteiger partial charge in [-0.25, -0.2) is 0 Å². The maximum Gasteiger partial charge on any atom is 0.323 e. The first-order valence-electron chi connectivity index (χ1n) is 4.57. The highest BCUT2D eigenvalue weighted by Gasteiger charge is 2.35. The molecule has 3 nitrogen and oxygen atoms in total. The minimum Gasteiger partial charge on any atom is -0.480 e. The molecule has 0 saturated heterocycles. The van der Waals surface area contributed by atoms with Crippen LogP contribution in [0.5, 0.6) is 0 Å². The second kappa shape index (κ2) is 3.44. The van der Waals surface area contributed by atoms with Crippen LogP contribution in [0, 0.1) is 5.92 Å². The summed E-state index contributed by atoms with van der Waals surface area (Å²) in [5.41, 5.74) is 4.82. The standard InChI is InChI=1S/C9H17NO2/c1-7-3-2-5-9(10,6-4-7)8(11)12/h7H,2-6,10H2,1H3,(H,11,12)/t7-,9-/m0/s1. The lowest BCUT2D eigenvalue weighted by molar-refractivity contribution is -0.143. The Morgan fingerprint density at radius 3 is 2.75 bits per heavy atom. The van der Waals surface area contributed by atoms with E-state index in [-0.39, 0.29) is 0 Å². The molecule has 0 aromatic carbocycles. The lowest BCUT2D eigenvalue weighted by Gasteiger charge is -2.22. The van der Waals surface area contributed by atoms with E-state index in [1.54, 1.807) is 0 Å². The van der Waals surface area contributed by atoms with E-state index in [0.717, 1.165) is 19.3 Å². The number of aliphatic carboxylic acids is 1. The highest BCUT2D eigenvalue weighted by atomic mass is 16.4. The van der Waals surface area contributed by atoms with Crippen LogP contribution in [0.3, 0.4) is 0 Å². The summed E-state index contributed by atoms with van der Waals surface area (Å²) in [5.74, 6) is -0.202. The third-order valence-electron chi connectivity index (χ3n) is 2.83. The average molecular weight is 171 g/mol. The molecule has 1 saturated carbocycles. The van der Waals surface area contributed by atoms with Crippen molar-refractivity contribution in [1.82, 2.24) is 0 Å². The summed E-state index contributed by atoms with van der Waals surface area (Å²) < 4.78 is 0. The van der Waals surface area contributed by atoms with Crippen molar-refractivity contribution in [1.29, 1.82) is 0 Å². The van der Waals surface area contributed by atoms with Crippen molar-refractivity contribution in [2.24, 2.45) is 11.7 Å². The molecule has 12 heavy (non-hydrogen) atoms. The van der Waals surface area contributed by atoms with Gasteiger partial charge in [0.2, 0.25) is 0 Å². The monoisotopic (exact) mass is 171 g/mol. The predicted molar refractivity (Wildman–Crippen MR) is 46.8 cm³/mol. The molecule has 0 aromatic rings. The lowest BCUT2D eigenvalue weighted by Crippen LogP contribution is -2.47. The van der Waals surface area contributed by atoms with Gasteiger partial charge in [0.05, 0.1) is 0 Å². The molecule has 3 N–H and O–H groups in total. The van der Waals surface area contributed by atoms with Gasteiger partial charge in [-0.1, -0.05) is 19.8 Å². The predicted octanol–water partition coefficient (Wildman–Crippen LogP) is 1.37. The van der Waals surface area contributed by atoms with Crippen molar-refractivity contribution >= 4 is 5.97 Å². The van der Waals surface area contributed by atoms with Gasteiger partial charge in [-0.15, -0.1) is 0 Å². The van der Waals surface area contributed by atoms with Gasteiger partial charge in [-0.2, -0.15) is 0 Å². The SMILES string of the molecule is C[C@H]1CCC[C@@](N)(C(=O)O)CC1. The molecular weight excluding hydrogens is 154 g/mol. The van der Waals surface area contributed by atoms with Crippen LogP contribution < -0.4 is 5.73 Å². The van der Waals surface area contributed by atoms with Gasteiger partial charge in [-0.05, 0) is 25.2 Å². The molecule has 2 atom stereocenters. The Morgan fingerprint density at radius 1 is 1.50 bits per heavy atom. The maximum absolute atomic E-state index is 10.8. The first-order valence-corrected chi connectivity index (χ1v) is 4.57. The highest BCUT2D eigenvalue weighted by Crippen LogP contribution is 2.28. The van der Waals surface area contributed by atoms with Gasteiger partial charge in [-0.3, -0.25) is 4.79 Å². The van der Waals surface area contributed by atoms with Crippen molar-refractivity contribution in [3.05, 3.63) is 0 Å². The molecule has 1 fully saturated rings. The number of hydrogen-bond donors (Lipinski definition) is 2. The topological polar surface area (TPSA) is 63.3 Å². The van der Waals surface area contributed by atoms with E-state index >= 15 is 0 Å². The van der Waals surface area contributed by atoms with Crippen molar-refractivity contribution in [2.75, 3.05) is 0 Å². The van der Waals surface area contributed by atoms with Gasteiger partial charge in [0.25, 0.3) is 0 Å². The van der Waals surface area contributed by atoms with E-state index in [1.807, 2.05) is 0 Å². The molecule has 0 aromatic heterocycles. The Bertz CT molecular complexity index is 181. The first-order chi connectivity index (χ1) is 5.54. The fourth-order valence-electron chi connectivity index (χ4n) is 1.75. The van der Waals surface area contributed by atoms with Crippen LogP contribution in [0.1, 0.15) is 39.0 Å². The van der Waals surface area contributed by atoms with Crippen molar-refractivity contribution in [3.8, 4) is 0 Å². The molecule has 1 rings (SSSR count). The molecule has 3 heteroatoms. The zero-order chi connectivity index (χ0) is 9.19. The molecule has 1 aliphatic carbocycles. The Morgan fingerprint density at radius 2 is 2.17 bits per heavy atom. The Kier molecular flexibility index (Phi) is 2.73. The first kappa shape index (κ1) is 9.52. The summed E-state index contributed by atoms with van der Waals surface area (Å²) in [6.45, 7) is 2.16. The van der Waals surface area contributed by atoms with Crippen LogP contribution >= 0.6 is 0 Å². The summed E-state index contributed by atoms with van der Waals surface area (Å²) in [6, 6.07) is 0. The molecule has 70 valence electrons. The van der Waals surface area contributed by atoms with E-state index in [4.69, 9.17) is 10.8 Å². The summed E-state index contributed by atoms with van der Waals surface area (Å²) in [5, 5.41) is 8.88. The van der Waals surface area contributed by atoms with E-state index < -0.39 is 11.5 Å². The largest absolute Gasteiger partial charge is 0.480 e.